The minimum Gasteiger partial charge on any atom is -0.302 e. The van der Waals surface area contributed by atoms with Crippen LogP contribution in [0.5, 0.6) is 0 Å². The van der Waals surface area contributed by atoms with Crippen molar-refractivity contribution in [3.8, 4) is 0 Å². The predicted molar refractivity (Wildman–Crippen MR) is 22.1 cm³/mol. The molecule has 0 unspecified atom stereocenters. The summed E-state index contributed by atoms with van der Waals surface area (Å²) in [5.74, 6) is 4.41. The van der Waals surface area contributed by atoms with E-state index in [9.17, 15) is 13.2 Å². The molecule has 0 aromatic carbocycles. The van der Waals surface area contributed by atoms with Crippen LogP contribution in [0, 0.1) is 0 Å². The van der Waals surface area contributed by atoms with E-state index in [-0.39, 0.29) is 6.61 Å². The molecule has 0 fully saturated rings. The molecular weight excluding hydrogens is 139 g/mol. The van der Waals surface area contributed by atoms with Crippen molar-refractivity contribution < 1.29 is 22.7 Å². The van der Waals surface area contributed by atoms with Gasteiger partial charge in [0.05, 0.1) is 13.2 Å². The summed E-state index contributed by atoms with van der Waals surface area (Å²) in [7, 11) is 0. The Bertz CT molecular complexity index is 73.9. The quantitative estimate of drug-likeness (QED) is 0.462. The molecule has 0 amide bonds. The molecular formula is C3H6F3NO2. The Morgan fingerprint density at radius 3 is 2.11 bits per heavy atom. The molecule has 0 aromatic rings. The van der Waals surface area contributed by atoms with Crippen LogP contribution in [0.2, 0.25) is 0 Å². The van der Waals surface area contributed by atoms with Crippen LogP contribution >= 0.6 is 0 Å². The van der Waals surface area contributed by atoms with Crippen LogP contribution in [0.1, 0.15) is 0 Å². The van der Waals surface area contributed by atoms with E-state index in [2.05, 4.69) is 15.5 Å². The Balaban J connectivity index is 3.07. The van der Waals surface area contributed by atoms with Crippen LogP contribution < -0.4 is 5.90 Å². The fourth-order valence-corrected chi connectivity index (χ4v) is 0.206. The molecule has 2 N–H and O–H groups in total. The first-order valence-corrected chi connectivity index (χ1v) is 2.08. The van der Waals surface area contributed by atoms with E-state index < -0.39 is 13.0 Å². The molecule has 0 aromatic heterocycles. The maximum atomic E-state index is 11.1. The van der Waals surface area contributed by atoms with E-state index >= 15 is 0 Å². The van der Waals surface area contributed by atoms with Crippen LogP contribution in [-0.2, 0) is 9.57 Å². The topological polar surface area (TPSA) is 44.5 Å². The summed E-state index contributed by atoms with van der Waals surface area (Å²) >= 11 is 0. The molecule has 0 aliphatic carbocycles. The zero-order chi connectivity index (χ0) is 7.33. The van der Waals surface area contributed by atoms with Crippen molar-refractivity contribution in [2.24, 2.45) is 5.90 Å². The van der Waals surface area contributed by atoms with Crippen LogP contribution in [-0.4, -0.2) is 19.6 Å². The summed E-state index contributed by atoms with van der Waals surface area (Å²) in [5, 5.41) is 0. The number of ether oxygens (including phenoxy) is 1. The minimum atomic E-state index is -4.58. The van der Waals surface area contributed by atoms with Crippen molar-refractivity contribution in [2.75, 3.05) is 13.2 Å². The number of halogens is 3. The maximum absolute atomic E-state index is 11.1. The molecule has 3 nitrogen and oxygen atoms in total. The van der Waals surface area contributed by atoms with Gasteiger partial charge in [0.1, 0.15) is 0 Å². The first-order valence-electron chi connectivity index (χ1n) is 2.08. The van der Waals surface area contributed by atoms with Gasteiger partial charge in [0.25, 0.3) is 0 Å². The molecule has 9 heavy (non-hydrogen) atoms. The summed E-state index contributed by atoms with van der Waals surface area (Å²) in [5.41, 5.74) is 0. The average Bonchev–Trinajstić information content (AvgIpc) is 1.63. The molecule has 0 heterocycles. The SMILES string of the molecule is NOCCOC(F)(F)F. The van der Waals surface area contributed by atoms with Crippen LogP contribution in [0.15, 0.2) is 0 Å². The van der Waals surface area contributed by atoms with Gasteiger partial charge in [-0.2, -0.15) is 0 Å². The van der Waals surface area contributed by atoms with E-state index in [1.54, 1.807) is 0 Å². The molecule has 6 heteroatoms. The third-order valence-corrected chi connectivity index (χ3v) is 0.467. The number of rotatable bonds is 3. The van der Waals surface area contributed by atoms with Crippen molar-refractivity contribution in [3.63, 3.8) is 0 Å². The lowest BCUT2D eigenvalue weighted by Gasteiger charge is -2.04. The van der Waals surface area contributed by atoms with Gasteiger partial charge in [-0.3, -0.25) is 4.74 Å². The highest BCUT2D eigenvalue weighted by Gasteiger charge is 2.28. The summed E-state index contributed by atoms with van der Waals surface area (Å²) < 4.78 is 36.4. The van der Waals surface area contributed by atoms with Gasteiger partial charge in [0.2, 0.25) is 0 Å². The molecule has 0 spiro atoms. The molecule has 56 valence electrons. The molecule has 0 aliphatic heterocycles. The van der Waals surface area contributed by atoms with E-state index in [0.717, 1.165) is 0 Å². The molecule has 0 atom stereocenters. The Labute approximate surface area is 49.5 Å². The van der Waals surface area contributed by atoms with E-state index in [1.807, 2.05) is 0 Å². The summed E-state index contributed by atoms with van der Waals surface area (Å²) in [6.45, 7) is -0.834. The Kier molecular flexibility index (Phi) is 3.52. The highest BCUT2D eigenvalue weighted by atomic mass is 19.4. The number of nitrogens with two attached hydrogens (primary N) is 1. The van der Waals surface area contributed by atoms with Crippen molar-refractivity contribution in [1.82, 2.24) is 0 Å². The van der Waals surface area contributed by atoms with Gasteiger partial charge in [0.15, 0.2) is 0 Å². The first kappa shape index (κ1) is 8.67. The summed E-state index contributed by atoms with van der Waals surface area (Å²) in [4.78, 5) is 3.81. The maximum Gasteiger partial charge on any atom is 0.522 e. The summed E-state index contributed by atoms with van der Waals surface area (Å²) in [6, 6.07) is 0. The van der Waals surface area contributed by atoms with Crippen LogP contribution in [0.3, 0.4) is 0 Å². The number of hydrogen-bond donors (Lipinski definition) is 1. The smallest absolute Gasteiger partial charge is 0.302 e. The van der Waals surface area contributed by atoms with Gasteiger partial charge in [-0.15, -0.1) is 13.2 Å². The molecule has 0 radical (unpaired) electrons. The van der Waals surface area contributed by atoms with Gasteiger partial charge >= 0.3 is 6.36 Å². The monoisotopic (exact) mass is 145 g/mol. The lowest BCUT2D eigenvalue weighted by atomic mass is 10.8. The third kappa shape index (κ3) is 7.67. The zero-order valence-electron chi connectivity index (χ0n) is 4.44. The fourth-order valence-electron chi connectivity index (χ4n) is 0.206. The van der Waals surface area contributed by atoms with Crippen LogP contribution in [0.4, 0.5) is 13.2 Å². The molecule has 0 rings (SSSR count). The molecule has 0 aliphatic rings. The predicted octanol–water partition coefficient (Wildman–Crippen LogP) is 0.413. The Hall–Kier alpha value is -0.330. The normalized spacial score (nSPS) is 12.0. The average molecular weight is 145 g/mol. The number of hydrogen-bond acceptors (Lipinski definition) is 3. The van der Waals surface area contributed by atoms with Gasteiger partial charge in [-0.05, 0) is 0 Å². The van der Waals surface area contributed by atoms with Gasteiger partial charge in [-0.1, -0.05) is 0 Å². The lowest BCUT2D eigenvalue weighted by Crippen LogP contribution is -2.18. The van der Waals surface area contributed by atoms with E-state index in [0.29, 0.717) is 0 Å². The molecule has 0 bridgehead atoms. The molecule has 0 saturated carbocycles. The highest BCUT2D eigenvalue weighted by Crippen LogP contribution is 2.15. The van der Waals surface area contributed by atoms with Crippen molar-refractivity contribution in [1.29, 1.82) is 0 Å². The molecule has 0 saturated heterocycles. The van der Waals surface area contributed by atoms with E-state index in [1.165, 1.54) is 0 Å². The minimum absolute atomic E-state index is 0.264. The largest absolute Gasteiger partial charge is 0.522 e. The standard InChI is InChI=1S/C3H6F3NO2/c4-3(5,6)8-1-2-9-7/h1-2,7H2. The van der Waals surface area contributed by atoms with Crippen molar-refractivity contribution in [3.05, 3.63) is 0 Å². The van der Waals surface area contributed by atoms with Crippen molar-refractivity contribution >= 4 is 0 Å². The highest BCUT2D eigenvalue weighted by molar-refractivity contribution is 4.28. The second-order valence-electron chi connectivity index (χ2n) is 1.16. The fraction of sp³-hybridized carbons (Fsp3) is 1.00. The van der Waals surface area contributed by atoms with Gasteiger partial charge in [-0.25, -0.2) is 5.90 Å². The van der Waals surface area contributed by atoms with Gasteiger partial charge in [0, 0.05) is 0 Å². The second kappa shape index (κ2) is 3.65. The van der Waals surface area contributed by atoms with E-state index in [4.69, 9.17) is 0 Å². The lowest BCUT2D eigenvalue weighted by molar-refractivity contribution is -0.327. The Morgan fingerprint density at radius 1 is 1.22 bits per heavy atom. The summed E-state index contributed by atoms with van der Waals surface area (Å²) in [6.07, 6.45) is -4.58. The Morgan fingerprint density at radius 2 is 1.78 bits per heavy atom. The zero-order valence-corrected chi connectivity index (χ0v) is 4.44. The number of alkyl halides is 3. The van der Waals surface area contributed by atoms with Crippen molar-refractivity contribution in [2.45, 2.75) is 6.36 Å². The second-order valence-corrected chi connectivity index (χ2v) is 1.16. The van der Waals surface area contributed by atoms with Crippen LogP contribution in [0.25, 0.3) is 0 Å². The third-order valence-electron chi connectivity index (χ3n) is 0.467. The first-order chi connectivity index (χ1) is 4.06. The van der Waals surface area contributed by atoms with Gasteiger partial charge < -0.3 is 4.84 Å².